The average Bonchev–Trinajstić information content (AvgIpc) is 3.19. The van der Waals surface area contributed by atoms with E-state index in [0.717, 1.165) is 11.1 Å². The van der Waals surface area contributed by atoms with Crippen LogP contribution in [0, 0.1) is 5.92 Å². The van der Waals surface area contributed by atoms with Gasteiger partial charge in [0.15, 0.2) is 0 Å². The topological polar surface area (TPSA) is 67.9 Å². The molecule has 1 aliphatic rings. The summed E-state index contributed by atoms with van der Waals surface area (Å²) in [5, 5.41) is 3.01. The van der Waals surface area contributed by atoms with Crippen molar-refractivity contribution in [2.45, 2.75) is 32.2 Å². The number of likely N-dealkylation sites (tertiary alicyclic amines) is 1. The first-order valence-corrected chi connectivity index (χ1v) is 10.3. The average molecular weight is 411 g/mol. The normalized spacial score (nSPS) is 18.4. The molecule has 1 aliphatic heterocycles. The van der Waals surface area contributed by atoms with Gasteiger partial charge in [0.05, 0.1) is 26.6 Å². The summed E-state index contributed by atoms with van der Waals surface area (Å²) in [4.78, 5) is 27.8. The Morgan fingerprint density at radius 1 is 1.07 bits per heavy atom. The fraction of sp³-hybridized carbons (Fsp3) is 0.417. The lowest BCUT2D eigenvalue weighted by Gasteiger charge is -2.22. The molecular formula is C24H30N2O4. The number of ether oxygens (including phenoxy) is 2. The largest absolute Gasteiger partial charge is 0.497 e. The lowest BCUT2D eigenvalue weighted by molar-refractivity contribution is -0.130. The summed E-state index contributed by atoms with van der Waals surface area (Å²) in [5.74, 6) is 0.841. The molecular weight excluding hydrogens is 380 g/mol. The molecule has 1 N–H and O–H groups in total. The minimum absolute atomic E-state index is 0.0212. The summed E-state index contributed by atoms with van der Waals surface area (Å²) in [6.45, 7) is 4.72. The second-order valence-electron chi connectivity index (χ2n) is 7.95. The van der Waals surface area contributed by atoms with Crippen molar-refractivity contribution < 1.29 is 19.1 Å². The summed E-state index contributed by atoms with van der Waals surface area (Å²) in [6.07, 6.45) is 0.321. The van der Waals surface area contributed by atoms with Gasteiger partial charge >= 0.3 is 0 Å². The van der Waals surface area contributed by atoms with Crippen LogP contribution in [0.15, 0.2) is 48.5 Å². The molecule has 0 unspecified atom stereocenters. The maximum Gasteiger partial charge on any atom is 0.227 e. The molecule has 0 bridgehead atoms. The number of rotatable bonds is 7. The third-order valence-corrected chi connectivity index (χ3v) is 5.47. The first-order chi connectivity index (χ1) is 14.4. The van der Waals surface area contributed by atoms with E-state index in [-0.39, 0.29) is 29.7 Å². The fourth-order valence-corrected chi connectivity index (χ4v) is 3.99. The Kier molecular flexibility index (Phi) is 6.98. The maximum atomic E-state index is 13.0. The molecule has 2 aromatic rings. The Bertz CT molecular complexity index is 882. The molecule has 1 saturated heterocycles. The number of nitrogens with one attached hydrogen (secondary N) is 1. The van der Waals surface area contributed by atoms with Crippen LogP contribution in [0.5, 0.6) is 11.5 Å². The Balaban J connectivity index is 1.89. The van der Waals surface area contributed by atoms with E-state index in [1.807, 2.05) is 62.4 Å². The molecule has 6 heteroatoms. The number of benzene rings is 2. The van der Waals surface area contributed by atoms with Gasteiger partial charge in [-0.25, -0.2) is 0 Å². The van der Waals surface area contributed by atoms with Crippen LogP contribution in [0.4, 0.5) is 0 Å². The summed E-state index contributed by atoms with van der Waals surface area (Å²) in [5.41, 5.74) is 1.85. The Labute approximate surface area is 178 Å². The van der Waals surface area contributed by atoms with Crippen molar-refractivity contribution in [1.29, 1.82) is 0 Å². The molecule has 0 spiro atoms. The molecule has 0 saturated carbocycles. The van der Waals surface area contributed by atoms with E-state index >= 15 is 0 Å². The van der Waals surface area contributed by atoms with Gasteiger partial charge in [0.1, 0.15) is 11.5 Å². The summed E-state index contributed by atoms with van der Waals surface area (Å²) in [7, 11) is 3.22. The van der Waals surface area contributed by atoms with E-state index in [9.17, 15) is 9.59 Å². The summed E-state index contributed by atoms with van der Waals surface area (Å²) < 4.78 is 11.0. The number of carbonyl (C=O) groups excluding carboxylic acids is 2. The van der Waals surface area contributed by atoms with Crippen molar-refractivity contribution in [3.8, 4) is 11.5 Å². The molecule has 0 aliphatic carbocycles. The number of methoxy groups -OCH3 is 2. The highest BCUT2D eigenvalue weighted by molar-refractivity contribution is 5.84. The first kappa shape index (κ1) is 21.7. The van der Waals surface area contributed by atoms with Gasteiger partial charge in [-0.05, 0) is 37.6 Å². The van der Waals surface area contributed by atoms with Gasteiger partial charge in [0, 0.05) is 30.6 Å². The number of hydrogen-bond acceptors (Lipinski definition) is 4. The van der Waals surface area contributed by atoms with Gasteiger partial charge in [-0.1, -0.05) is 30.3 Å². The molecule has 2 amide bonds. The van der Waals surface area contributed by atoms with Crippen molar-refractivity contribution in [2.75, 3.05) is 27.3 Å². The van der Waals surface area contributed by atoms with Gasteiger partial charge in [-0.15, -0.1) is 0 Å². The molecule has 1 fully saturated rings. The Hall–Kier alpha value is -3.02. The third kappa shape index (κ3) is 4.93. The molecule has 1 heterocycles. The molecule has 6 nitrogen and oxygen atoms in total. The molecule has 0 aromatic heterocycles. The second kappa shape index (κ2) is 9.65. The maximum absolute atomic E-state index is 13.0. The van der Waals surface area contributed by atoms with E-state index in [1.54, 1.807) is 19.1 Å². The lowest BCUT2D eigenvalue weighted by Crippen LogP contribution is -2.39. The van der Waals surface area contributed by atoms with Crippen LogP contribution >= 0.6 is 0 Å². The molecule has 30 heavy (non-hydrogen) atoms. The number of carbonyl (C=O) groups is 2. The van der Waals surface area contributed by atoms with Crippen molar-refractivity contribution in [2.24, 2.45) is 5.92 Å². The van der Waals surface area contributed by atoms with E-state index in [1.165, 1.54) is 0 Å². The van der Waals surface area contributed by atoms with E-state index < -0.39 is 0 Å². The third-order valence-electron chi connectivity index (χ3n) is 5.47. The second-order valence-corrected chi connectivity index (χ2v) is 7.95. The Morgan fingerprint density at radius 3 is 2.43 bits per heavy atom. The van der Waals surface area contributed by atoms with E-state index in [4.69, 9.17) is 9.47 Å². The summed E-state index contributed by atoms with van der Waals surface area (Å²) in [6, 6.07) is 15.3. The number of amides is 2. The highest BCUT2D eigenvalue weighted by Crippen LogP contribution is 2.39. The van der Waals surface area contributed by atoms with Gasteiger partial charge in [0.2, 0.25) is 11.8 Å². The van der Waals surface area contributed by atoms with Crippen LogP contribution in [-0.4, -0.2) is 50.1 Å². The lowest BCUT2D eigenvalue weighted by atomic mass is 9.87. The van der Waals surface area contributed by atoms with Gasteiger partial charge in [-0.3, -0.25) is 9.59 Å². The van der Waals surface area contributed by atoms with E-state index in [2.05, 4.69) is 5.32 Å². The monoisotopic (exact) mass is 410 g/mol. The zero-order valence-corrected chi connectivity index (χ0v) is 18.1. The van der Waals surface area contributed by atoms with Crippen LogP contribution in [0.1, 0.15) is 30.9 Å². The van der Waals surface area contributed by atoms with Crippen LogP contribution < -0.4 is 14.8 Å². The highest BCUT2D eigenvalue weighted by atomic mass is 16.5. The van der Waals surface area contributed by atoms with Gasteiger partial charge < -0.3 is 19.7 Å². The van der Waals surface area contributed by atoms with Crippen molar-refractivity contribution >= 4 is 11.8 Å². The fourth-order valence-electron chi connectivity index (χ4n) is 3.99. The van der Waals surface area contributed by atoms with Crippen LogP contribution in [0.25, 0.3) is 0 Å². The zero-order chi connectivity index (χ0) is 21.7. The molecule has 2 aromatic carbocycles. The van der Waals surface area contributed by atoms with Crippen molar-refractivity contribution in [1.82, 2.24) is 10.2 Å². The minimum atomic E-state index is -0.354. The van der Waals surface area contributed by atoms with Crippen molar-refractivity contribution in [3.05, 3.63) is 59.7 Å². The standard InChI is InChI=1S/C24H30N2O4/c1-16(2)25-24(28)21-15-26(23(27)12-17-8-6-5-7-9-17)14-20(21)19-13-18(29-3)10-11-22(19)30-4/h5-11,13,16,20-21H,12,14-15H2,1-4H3,(H,25,28)/t20-,21-/m1/s1. The van der Waals surface area contributed by atoms with E-state index in [0.29, 0.717) is 31.0 Å². The van der Waals surface area contributed by atoms with Crippen LogP contribution in [0.3, 0.4) is 0 Å². The SMILES string of the molecule is COc1ccc(OC)c([C@H]2CN(C(=O)Cc3ccccc3)C[C@H]2C(=O)NC(C)C)c1. The predicted octanol–water partition coefficient (Wildman–Crippen LogP) is 3.01. The zero-order valence-electron chi connectivity index (χ0n) is 18.1. The molecule has 0 radical (unpaired) electrons. The summed E-state index contributed by atoms with van der Waals surface area (Å²) >= 11 is 0. The first-order valence-electron chi connectivity index (χ1n) is 10.3. The van der Waals surface area contributed by atoms with Gasteiger partial charge in [-0.2, -0.15) is 0 Å². The molecule has 2 atom stereocenters. The highest BCUT2D eigenvalue weighted by Gasteiger charge is 2.41. The number of nitrogens with zero attached hydrogens (tertiary/aromatic N) is 1. The quantitative estimate of drug-likeness (QED) is 0.762. The van der Waals surface area contributed by atoms with Gasteiger partial charge in [0.25, 0.3) is 0 Å². The number of hydrogen-bond donors (Lipinski definition) is 1. The molecule has 3 rings (SSSR count). The smallest absolute Gasteiger partial charge is 0.227 e. The van der Waals surface area contributed by atoms with Crippen LogP contribution in [-0.2, 0) is 16.0 Å². The predicted molar refractivity (Wildman–Crippen MR) is 116 cm³/mol. The Morgan fingerprint density at radius 2 is 1.80 bits per heavy atom. The minimum Gasteiger partial charge on any atom is -0.497 e. The molecule has 160 valence electrons. The van der Waals surface area contributed by atoms with Crippen molar-refractivity contribution in [3.63, 3.8) is 0 Å². The van der Waals surface area contributed by atoms with Crippen LogP contribution in [0.2, 0.25) is 0 Å².